The van der Waals surface area contributed by atoms with E-state index in [9.17, 15) is 14.7 Å². The van der Waals surface area contributed by atoms with Gasteiger partial charge >= 0.3 is 12.0 Å². The van der Waals surface area contributed by atoms with Crippen LogP contribution in [0.5, 0.6) is 0 Å². The smallest absolute Gasteiger partial charge is 0.321 e. The van der Waals surface area contributed by atoms with E-state index in [1.54, 1.807) is 11.8 Å². The Bertz CT molecular complexity index is 709. The van der Waals surface area contributed by atoms with E-state index in [-0.39, 0.29) is 12.6 Å². The third-order valence-electron chi connectivity index (χ3n) is 4.11. The number of likely N-dealkylation sites (tertiary alicyclic amines) is 1. The lowest BCUT2D eigenvalue weighted by atomic mass is 9.90. The predicted octanol–water partition coefficient (Wildman–Crippen LogP) is 2.50. The lowest BCUT2D eigenvalue weighted by molar-refractivity contribution is -0.146. The van der Waals surface area contributed by atoms with E-state index in [4.69, 9.17) is 0 Å². The fourth-order valence-corrected chi connectivity index (χ4v) is 2.70. The number of hydrogen-bond donors (Lipinski definition) is 3. The topological polar surface area (TPSA) is 85.4 Å². The van der Waals surface area contributed by atoms with Crippen LogP contribution in [0.25, 0.3) is 10.9 Å². The quantitative estimate of drug-likeness (QED) is 0.793. The van der Waals surface area contributed by atoms with Crippen molar-refractivity contribution in [2.24, 2.45) is 5.41 Å². The number of nitrogens with zero attached hydrogens (tertiary/aromatic N) is 1. The van der Waals surface area contributed by atoms with Gasteiger partial charge in [-0.25, -0.2) is 4.79 Å². The minimum absolute atomic E-state index is 0.233. The molecule has 0 saturated carbocycles. The van der Waals surface area contributed by atoms with E-state index in [0.717, 1.165) is 16.6 Å². The van der Waals surface area contributed by atoms with Gasteiger partial charge in [-0.3, -0.25) is 4.79 Å². The number of benzene rings is 1. The Morgan fingerprint density at radius 3 is 2.90 bits per heavy atom. The van der Waals surface area contributed by atoms with Crippen molar-refractivity contribution in [2.75, 3.05) is 18.4 Å². The Morgan fingerprint density at radius 2 is 2.19 bits per heavy atom. The Balaban J connectivity index is 1.76. The fraction of sp³-hybridized carbons (Fsp3) is 0.333. The number of carbonyl (C=O) groups is 2. The summed E-state index contributed by atoms with van der Waals surface area (Å²) in [5.41, 5.74) is 0.824. The van der Waals surface area contributed by atoms with E-state index >= 15 is 0 Å². The number of fused-ring (bicyclic) bond motifs is 1. The number of urea groups is 1. The molecule has 1 aromatic heterocycles. The Labute approximate surface area is 121 Å². The first-order chi connectivity index (χ1) is 9.99. The molecular weight excluding hydrogens is 270 g/mol. The van der Waals surface area contributed by atoms with Gasteiger partial charge in [0.25, 0.3) is 0 Å². The van der Waals surface area contributed by atoms with Gasteiger partial charge in [0, 0.05) is 30.2 Å². The summed E-state index contributed by atoms with van der Waals surface area (Å²) in [7, 11) is 0. The minimum atomic E-state index is -0.856. The first-order valence-corrected chi connectivity index (χ1v) is 6.85. The number of rotatable bonds is 2. The van der Waals surface area contributed by atoms with Gasteiger partial charge in [0.1, 0.15) is 0 Å². The Hall–Kier alpha value is -2.50. The van der Waals surface area contributed by atoms with E-state index in [2.05, 4.69) is 10.3 Å². The summed E-state index contributed by atoms with van der Waals surface area (Å²) in [6.45, 7) is 2.37. The lowest BCUT2D eigenvalue weighted by Crippen LogP contribution is -2.37. The highest BCUT2D eigenvalue weighted by atomic mass is 16.4. The standard InChI is InChI=1S/C15H17N3O3/c1-15(13(19)20)6-8-18(9-15)14(21)17-12-4-2-3-11-10(12)5-7-16-11/h2-5,7,16H,6,8-9H2,1H3,(H,17,21)(H,19,20). The van der Waals surface area contributed by atoms with Crippen LogP contribution in [-0.2, 0) is 4.79 Å². The number of aliphatic carboxylic acids is 1. The largest absolute Gasteiger partial charge is 0.481 e. The number of aromatic amines is 1. The summed E-state index contributed by atoms with van der Waals surface area (Å²) in [5.74, 6) is -0.856. The van der Waals surface area contributed by atoms with Gasteiger partial charge in [0.2, 0.25) is 0 Å². The molecule has 0 radical (unpaired) electrons. The molecule has 21 heavy (non-hydrogen) atoms. The van der Waals surface area contributed by atoms with Crippen molar-refractivity contribution < 1.29 is 14.7 Å². The maximum absolute atomic E-state index is 12.3. The maximum Gasteiger partial charge on any atom is 0.321 e. The first-order valence-electron chi connectivity index (χ1n) is 6.85. The molecule has 0 spiro atoms. The van der Waals surface area contributed by atoms with Crippen molar-refractivity contribution in [1.82, 2.24) is 9.88 Å². The summed E-state index contributed by atoms with van der Waals surface area (Å²) in [4.78, 5) is 28.2. The first kappa shape index (κ1) is 13.5. The highest BCUT2D eigenvalue weighted by molar-refractivity contribution is 6.00. The molecule has 1 unspecified atom stereocenters. The molecule has 1 atom stereocenters. The average Bonchev–Trinajstić information content (AvgIpc) is 3.06. The lowest BCUT2D eigenvalue weighted by Gasteiger charge is -2.20. The van der Waals surface area contributed by atoms with Gasteiger partial charge in [-0.05, 0) is 31.5 Å². The van der Waals surface area contributed by atoms with Crippen LogP contribution in [0.2, 0.25) is 0 Å². The van der Waals surface area contributed by atoms with Crippen LogP contribution in [0.3, 0.4) is 0 Å². The number of aromatic nitrogens is 1. The molecule has 6 nitrogen and oxygen atoms in total. The van der Waals surface area contributed by atoms with Crippen LogP contribution in [0.4, 0.5) is 10.5 Å². The summed E-state index contributed by atoms with van der Waals surface area (Å²) >= 11 is 0. The van der Waals surface area contributed by atoms with Crippen LogP contribution < -0.4 is 5.32 Å². The SMILES string of the molecule is CC1(C(=O)O)CCN(C(=O)Nc2cccc3[nH]ccc23)C1. The van der Waals surface area contributed by atoms with Crippen molar-refractivity contribution in [3.63, 3.8) is 0 Å². The van der Waals surface area contributed by atoms with Gasteiger partial charge in [0.05, 0.1) is 11.1 Å². The highest BCUT2D eigenvalue weighted by Gasteiger charge is 2.42. The molecule has 3 N–H and O–H groups in total. The molecule has 110 valence electrons. The Morgan fingerprint density at radius 1 is 1.38 bits per heavy atom. The molecule has 2 heterocycles. The summed E-state index contributed by atoms with van der Waals surface area (Å²) < 4.78 is 0. The molecule has 1 fully saturated rings. The van der Waals surface area contributed by atoms with Gasteiger partial charge < -0.3 is 20.3 Å². The molecule has 1 aromatic carbocycles. The van der Waals surface area contributed by atoms with Crippen LogP contribution in [0.1, 0.15) is 13.3 Å². The zero-order chi connectivity index (χ0) is 15.0. The van der Waals surface area contributed by atoms with Crippen LogP contribution in [0, 0.1) is 5.41 Å². The number of H-pyrrole nitrogens is 1. The average molecular weight is 287 g/mol. The van der Waals surface area contributed by atoms with E-state index in [1.165, 1.54) is 0 Å². The van der Waals surface area contributed by atoms with Crippen molar-refractivity contribution in [1.29, 1.82) is 0 Å². The van der Waals surface area contributed by atoms with Crippen LogP contribution >= 0.6 is 0 Å². The third kappa shape index (κ3) is 2.33. The van der Waals surface area contributed by atoms with Crippen molar-refractivity contribution >= 4 is 28.6 Å². The van der Waals surface area contributed by atoms with Gasteiger partial charge in [-0.15, -0.1) is 0 Å². The second-order valence-corrected chi connectivity index (χ2v) is 5.71. The fourth-order valence-electron chi connectivity index (χ4n) is 2.70. The number of carboxylic acid groups (broad SMARTS) is 1. The molecule has 1 aliphatic heterocycles. The third-order valence-corrected chi connectivity index (χ3v) is 4.11. The molecule has 3 rings (SSSR count). The van der Waals surface area contributed by atoms with Gasteiger partial charge in [0.15, 0.2) is 0 Å². The summed E-state index contributed by atoms with van der Waals surface area (Å²) in [5, 5.41) is 13.0. The van der Waals surface area contributed by atoms with Crippen LogP contribution in [0.15, 0.2) is 30.5 Å². The summed E-state index contributed by atoms with van der Waals surface area (Å²) in [6, 6.07) is 7.27. The number of hydrogen-bond acceptors (Lipinski definition) is 2. The van der Waals surface area contributed by atoms with Crippen molar-refractivity contribution in [2.45, 2.75) is 13.3 Å². The van der Waals surface area contributed by atoms with Crippen molar-refractivity contribution in [3.05, 3.63) is 30.5 Å². The number of nitrogens with one attached hydrogen (secondary N) is 2. The number of anilines is 1. The van der Waals surface area contributed by atoms with E-state index in [0.29, 0.717) is 13.0 Å². The molecule has 6 heteroatoms. The highest BCUT2D eigenvalue weighted by Crippen LogP contribution is 2.31. The minimum Gasteiger partial charge on any atom is -0.481 e. The monoisotopic (exact) mass is 287 g/mol. The van der Waals surface area contributed by atoms with Crippen molar-refractivity contribution in [3.8, 4) is 0 Å². The number of carbonyl (C=O) groups excluding carboxylic acids is 1. The molecule has 0 bridgehead atoms. The Kier molecular flexibility index (Phi) is 3.08. The van der Waals surface area contributed by atoms with Gasteiger partial charge in [-0.2, -0.15) is 0 Å². The van der Waals surface area contributed by atoms with Crippen LogP contribution in [-0.4, -0.2) is 40.1 Å². The number of amides is 2. The molecule has 1 saturated heterocycles. The normalized spacial score (nSPS) is 21.7. The molecule has 1 aliphatic rings. The maximum atomic E-state index is 12.3. The van der Waals surface area contributed by atoms with Gasteiger partial charge in [-0.1, -0.05) is 6.07 Å². The predicted molar refractivity (Wildman–Crippen MR) is 79.3 cm³/mol. The van der Waals surface area contributed by atoms with E-state index < -0.39 is 11.4 Å². The second-order valence-electron chi connectivity index (χ2n) is 5.71. The second kappa shape index (κ2) is 4.80. The summed E-state index contributed by atoms with van der Waals surface area (Å²) in [6.07, 6.45) is 2.29. The zero-order valence-electron chi connectivity index (χ0n) is 11.7. The molecular formula is C15H17N3O3. The molecule has 2 aromatic rings. The number of carboxylic acids is 1. The molecule has 2 amide bonds. The zero-order valence-corrected chi connectivity index (χ0v) is 11.7. The van der Waals surface area contributed by atoms with E-state index in [1.807, 2.05) is 30.5 Å². The molecule has 0 aliphatic carbocycles.